The maximum absolute atomic E-state index is 10.7. The number of unbranched alkanes of at least 4 members (excludes halogenated alkanes) is 2. The van der Waals surface area contributed by atoms with Gasteiger partial charge in [-0.3, -0.25) is 9.59 Å². The predicted molar refractivity (Wildman–Crippen MR) is 72.5 cm³/mol. The zero-order valence-electron chi connectivity index (χ0n) is 10.1. The third-order valence-electron chi connectivity index (χ3n) is 2.53. The Kier molecular flexibility index (Phi) is 6.63. The van der Waals surface area contributed by atoms with Gasteiger partial charge in [0.25, 0.3) is 0 Å². The minimum atomic E-state index is 0.203. The van der Waals surface area contributed by atoms with Crippen molar-refractivity contribution in [3.63, 3.8) is 0 Å². The van der Waals surface area contributed by atoms with Crippen molar-refractivity contribution in [3.05, 3.63) is 35.4 Å². The van der Waals surface area contributed by atoms with Crippen LogP contribution in [0.15, 0.2) is 24.3 Å². The Morgan fingerprint density at radius 2 is 1.88 bits per heavy atom. The predicted octanol–water partition coefficient (Wildman–Crippen LogP) is 3.49. The molecule has 0 aliphatic rings. The largest absolute Gasteiger partial charge is 0.298 e. The van der Waals surface area contributed by atoms with E-state index in [1.165, 1.54) is 17.3 Å². The van der Waals surface area contributed by atoms with Crippen LogP contribution in [-0.4, -0.2) is 17.2 Å². The van der Waals surface area contributed by atoms with Crippen LogP contribution < -0.4 is 0 Å². The van der Waals surface area contributed by atoms with Gasteiger partial charge in [0, 0.05) is 18.2 Å². The first-order valence-electron chi connectivity index (χ1n) is 5.90. The van der Waals surface area contributed by atoms with Gasteiger partial charge in [0.15, 0.2) is 5.12 Å². The number of hydrogen-bond acceptors (Lipinski definition) is 3. The van der Waals surface area contributed by atoms with Crippen LogP contribution in [0.1, 0.15) is 42.1 Å². The monoisotopic (exact) mass is 250 g/mol. The van der Waals surface area contributed by atoms with Gasteiger partial charge in [-0.15, -0.1) is 0 Å². The molecule has 0 aromatic heterocycles. The lowest BCUT2D eigenvalue weighted by atomic mass is 10.1. The van der Waals surface area contributed by atoms with Crippen molar-refractivity contribution in [2.45, 2.75) is 32.6 Å². The summed E-state index contributed by atoms with van der Waals surface area (Å²) in [7, 11) is 0. The van der Waals surface area contributed by atoms with Crippen LogP contribution >= 0.6 is 11.8 Å². The van der Waals surface area contributed by atoms with E-state index < -0.39 is 0 Å². The van der Waals surface area contributed by atoms with Crippen LogP contribution in [0.5, 0.6) is 0 Å². The van der Waals surface area contributed by atoms with Crippen LogP contribution in [0.25, 0.3) is 0 Å². The van der Waals surface area contributed by atoms with E-state index in [4.69, 9.17) is 0 Å². The lowest BCUT2D eigenvalue weighted by Gasteiger charge is -2.01. The molecule has 0 aliphatic carbocycles. The SMILES string of the molecule is CC(=O)SCCCCCc1ccc(C=O)cc1. The fourth-order valence-corrected chi connectivity index (χ4v) is 2.22. The molecule has 0 spiro atoms. The van der Waals surface area contributed by atoms with Crippen LogP contribution in [0, 0.1) is 0 Å². The fraction of sp³-hybridized carbons (Fsp3) is 0.429. The minimum absolute atomic E-state index is 0.203. The molecular formula is C14H18O2S. The van der Waals surface area contributed by atoms with E-state index >= 15 is 0 Å². The smallest absolute Gasteiger partial charge is 0.185 e. The second-order valence-corrected chi connectivity index (χ2v) is 5.28. The molecule has 3 heteroatoms. The highest BCUT2D eigenvalue weighted by atomic mass is 32.2. The first kappa shape index (κ1) is 14.0. The molecule has 0 N–H and O–H groups in total. The number of carbonyl (C=O) groups is 2. The zero-order chi connectivity index (χ0) is 12.5. The molecule has 17 heavy (non-hydrogen) atoms. The number of hydrogen-bond donors (Lipinski definition) is 0. The molecule has 0 bridgehead atoms. The maximum atomic E-state index is 10.7. The molecule has 1 rings (SSSR count). The van der Waals surface area contributed by atoms with E-state index in [1.54, 1.807) is 6.92 Å². The van der Waals surface area contributed by atoms with Crippen molar-refractivity contribution < 1.29 is 9.59 Å². The van der Waals surface area contributed by atoms with Gasteiger partial charge in [0.2, 0.25) is 0 Å². The summed E-state index contributed by atoms with van der Waals surface area (Å²) in [6, 6.07) is 7.73. The number of aryl methyl sites for hydroxylation is 1. The van der Waals surface area contributed by atoms with Gasteiger partial charge in [-0.25, -0.2) is 0 Å². The molecule has 0 amide bonds. The molecule has 92 valence electrons. The quantitative estimate of drug-likeness (QED) is 0.548. The first-order valence-corrected chi connectivity index (χ1v) is 6.88. The van der Waals surface area contributed by atoms with Crippen molar-refractivity contribution in [3.8, 4) is 0 Å². The number of aldehydes is 1. The molecule has 1 aromatic rings. The molecule has 1 aromatic carbocycles. The molecule has 0 unspecified atom stereocenters. The Balaban J connectivity index is 2.13. The van der Waals surface area contributed by atoms with Gasteiger partial charge >= 0.3 is 0 Å². The topological polar surface area (TPSA) is 34.1 Å². The summed E-state index contributed by atoms with van der Waals surface area (Å²) in [5.74, 6) is 0.930. The van der Waals surface area contributed by atoms with Crippen LogP contribution in [-0.2, 0) is 11.2 Å². The zero-order valence-corrected chi connectivity index (χ0v) is 11.0. The first-order chi connectivity index (χ1) is 8.22. The highest BCUT2D eigenvalue weighted by Crippen LogP contribution is 2.10. The Morgan fingerprint density at radius 3 is 2.47 bits per heavy atom. The van der Waals surface area contributed by atoms with Gasteiger partial charge in [0.1, 0.15) is 6.29 Å². The van der Waals surface area contributed by atoms with Gasteiger partial charge in [0.05, 0.1) is 0 Å². The Labute approximate surface area is 107 Å². The molecule has 0 atom stereocenters. The van der Waals surface area contributed by atoms with Crippen LogP contribution in [0.3, 0.4) is 0 Å². The molecule has 2 nitrogen and oxygen atoms in total. The lowest BCUT2D eigenvalue weighted by molar-refractivity contribution is -0.109. The second kappa shape index (κ2) is 8.07. The minimum Gasteiger partial charge on any atom is -0.298 e. The summed E-state index contributed by atoms with van der Waals surface area (Å²) in [6.07, 6.45) is 5.29. The van der Waals surface area contributed by atoms with Gasteiger partial charge < -0.3 is 0 Å². The van der Waals surface area contributed by atoms with Crippen molar-refractivity contribution >= 4 is 23.2 Å². The van der Waals surface area contributed by atoms with Crippen molar-refractivity contribution in [2.75, 3.05) is 5.75 Å². The average Bonchev–Trinajstić information content (AvgIpc) is 2.34. The van der Waals surface area contributed by atoms with Gasteiger partial charge in [-0.1, -0.05) is 42.4 Å². The average molecular weight is 250 g/mol. The summed E-state index contributed by atoms with van der Waals surface area (Å²) in [6.45, 7) is 1.61. The van der Waals surface area contributed by atoms with E-state index in [1.807, 2.05) is 24.3 Å². The number of benzene rings is 1. The van der Waals surface area contributed by atoms with Crippen LogP contribution in [0.4, 0.5) is 0 Å². The highest BCUT2D eigenvalue weighted by Gasteiger charge is 1.96. The Morgan fingerprint density at radius 1 is 1.18 bits per heavy atom. The molecule has 0 heterocycles. The van der Waals surface area contributed by atoms with Crippen molar-refractivity contribution in [2.24, 2.45) is 0 Å². The molecule has 0 saturated heterocycles. The van der Waals surface area contributed by atoms with Crippen molar-refractivity contribution in [1.82, 2.24) is 0 Å². The highest BCUT2D eigenvalue weighted by molar-refractivity contribution is 8.13. The molecular weight excluding hydrogens is 232 g/mol. The van der Waals surface area contributed by atoms with E-state index in [9.17, 15) is 9.59 Å². The Hall–Kier alpha value is -1.09. The van der Waals surface area contributed by atoms with Crippen molar-refractivity contribution in [1.29, 1.82) is 0 Å². The molecule has 0 aliphatic heterocycles. The second-order valence-electron chi connectivity index (χ2n) is 4.01. The summed E-state index contributed by atoms with van der Waals surface area (Å²) in [4.78, 5) is 21.2. The number of thioether (sulfide) groups is 1. The number of carbonyl (C=O) groups excluding carboxylic acids is 2. The van der Waals surface area contributed by atoms with E-state index in [0.29, 0.717) is 0 Å². The summed E-state index contributed by atoms with van der Waals surface area (Å²) >= 11 is 1.40. The lowest BCUT2D eigenvalue weighted by Crippen LogP contribution is -1.90. The maximum Gasteiger partial charge on any atom is 0.185 e. The van der Waals surface area contributed by atoms with E-state index in [-0.39, 0.29) is 5.12 Å². The van der Waals surface area contributed by atoms with E-state index in [2.05, 4.69) is 0 Å². The van der Waals surface area contributed by atoms with E-state index in [0.717, 1.165) is 43.3 Å². The molecule has 0 radical (unpaired) electrons. The number of rotatable bonds is 7. The summed E-state index contributed by atoms with van der Waals surface area (Å²) < 4.78 is 0. The normalized spacial score (nSPS) is 10.2. The van der Waals surface area contributed by atoms with Gasteiger partial charge in [-0.05, 0) is 24.8 Å². The Bertz CT molecular complexity index is 357. The van der Waals surface area contributed by atoms with Gasteiger partial charge in [-0.2, -0.15) is 0 Å². The fourth-order valence-electron chi connectivity index (χ4n) is 1.59. The summed E-state index contributed by atoms with van der Waals surface area (Å²) in [5, 5.41) is 0.203. The third kappa shape index (κ3) is 6.27. The molecule has 0 fully saturated rings. The third-order valence-corrected chi connectivity index (χ3v) is 3.43. The standard InChI is InChI=1S/C14H18O2S/c1-12(16)17-10-4-2-3-5-13-6-8-14(11-15)9-7-13/h6-9,11H,2-5,10H2,1H3. The van der Waals surface area contributed by atoms with Crippen LogP contribution in [0.2, 0.25) is 0 Å². The summed E-state index contributed by atoms with van der Waals surface area (Å²) in [5.41, 5.74) is 2.00. The molecule has 0 saturated carbocycles.